The molecule has 0 fully saturated rings. The summed E-state index contributed by atoms with van der Waals surface area (Å²) in [4.78, 5) is 0. The second kappa shape index (κ2) is 8.31. The molecule has 0 aliphatic rings. The Balaban J connectivity index is 2.63. The van der Waals surface area contributed by atoms with Gasteiger partial charge in [-0.3, -0.25) is 0 Å². The number of hydrogen-bond donors (Lipinski definition) is 2. The van der Waals surface area contributed by atoms with Crippen LogP contribution in [0.2, 0.25) is 0 Å². The first kappa shape index (κ1) is 17.9. The molecule has 120 valence electrons. The first-order chi connectivity index (χ1) is 9.92. The van der Waals surface area contributed by atoms with Crippen LogP contribution in [0.1, 0.15) is 83.8 Å². The standard InChI is InChI=1S/C19H32O2/c1-5-7-8-9-10-11-12-15-13-18(21)16(14-17(15)20)19(3,4)6-2/h13-14,20-21H,5-12H2,1-4H3. The molecule has 21 heavy (non-hydrogen) atoms. The fraction of sp³-hybridized carbons (Fsp3) is 0.684. The van der Waals surface area contributed by atoms with Crippen molar-refractivity contribution in [2.75, 3.05) is 0 Å². The number of unbranched alkanes of at least 4 members (excludes halogenated alkanes) is 5. The maximum atomic E-state index is 10.2. The zero-order valence-electron chi connectivity index (χ0n) is 14.2. The maximum Gasteiger partial charge on any atom is 0.119 e. The van der Waals surface area contributed by atoms with Crippen LogP contribution in [0.25, 0.3) is 0 Å². The number of phenolic OH excluding ortho intramolecular Hbond substituents is 2. The minimum Gasteiger partial charge on any atom is -0.508 e. The molecule has 0 atom stereocenters. The lowest BCUT2D eigenvalue weighted by Gasteiger charge is -2.25. The molecule has 0 bridgehead atoms. The molecule has 0 saturated heterocycles. The third-order valence-electron chi connectivity index (χ3n) is 4.61. The molecular weight excluding hydrogens is 260 g/mol. The Labute approximate surface area is 130 Å². The minimum atomic E-state index is -0.111. The molecule has 2 nitrogen and oxygen atoms in total. The number of aryl methyl sites for hydroxylation is 1. The fourth-order valence-corrected chi connectivity index (χ4v) is 2.65. The minimum absolute atomic E-state index is 0.111. The Kier molecular flexibility index (Phi) is 7.07. The van der Waals surface area contributed by atoms with Crippen LogP contribution in [0.3, 0.4) is 0 Å². The van der Waals surface area contributed by atoms with Gasteiger partial charge in [0.15, 0.2) is 0 Å². The molecule has 0 aliphatic heterocycles. The van der Waals surface area contributed by atoms with Crippen LogP contribution in [0.15, 0.2) is 12.1 Å². The second-order valence-corrected chi connectivity index (χ2v) is 6.75. The number of rotatable bonds is 9. The van der Waals surface area contributed by atoms with Gasteiger partial charge in [-0.15, -0.1) is 0 Å². The zero-order chi connectivity index (χ0) is 15.9. The third kappa shape index (κ3) is 5.26. The lowest BCUT2D eigenvalue weighted by molar-refractivity contribution is 0.416. The summed E-state index contributed by atoms with van der Waals surface area (Å²) in [6.45, 7) is 8.50. The SMILES string of the molecule is CCCCCCCCc1cc(O)c(C(C)(C)CC)cc1O. The molecule has 0 amide bonds. The summed E-state index contributed by atoms with van der Waals surface area (Å²) in [5.74, 6) is 0.651. The fourth-order valence-electron chi connectivity index (χ4n) is 2.65. The van der Waals surface area contributed by atoms with E-state index in [1.54, 1.807) is 12.1 Å². The maximum absolute atomic E-state index is 10.2. The highest BCUT2D eigenvalue weighted by Gasteiger charge is 2.23. The summed E-state index contributed by atoms with van der Waals surface area (Å²) >= 11 is 0. The molecule has 1 rings (SSSR count). The topological polar surface area (TPSA) is 40.5 Å². The van der Waals surface area contributed by atoms with Crippen molar-refractivity contribution in [1.29, 1.82) is 0 Å². The van der Waals surface area contributed by atoms with Gasteiger partial charge in [0.2, 0.25) is 0 Å². The highest BCUT2D eigenvalue weighted by Crippen LogP contribution is 2.38. The second-order valence-electron chi connectivity index (χ2n) is 6.75. The highest BCUT2D eigenvalue weighted by molar-refractivity contribution is 5.48. The van der Waals surface area contributed by atoms with Gasteiger partial charge >= 0.3 is 0 Å². The van der Waals surface area contributed by atoms with Crippen LogP contribution >= 0.6 is 0 Å². The van der Waals surface area contributed by atoms with E-state index >= 15 is 0 Å². The van der Waals surface area contributed by atoms with E-state index in [2.05, 4.69) is 27.7 Å². The summed E-state index contributed by atoms with van der Waals surface area (Å²) in [5, 5.41) is 20.4. The molecule has 1 aromatic carbocycles. The molecule has 2 heteroatoms. The van der Waals surface area contributed by atoms with Crippen molar-refractivity contribution in [1.82, 2.24) is 0 Å². The van der Waals surface area contributed by atoms with Crippen LogP contribution < -0.4 is 0 Å². The van der Waals surface area contributed by atoms with Crippen molar-refractivity contribution in [3.63, 3.8) is 0 Å². The predicted octanol–water partition coefficient (Wildman–Crippen LogP) is 5.69. The van der Waals surface area contributed by atoms with Crippen LogP contribution in [-0.4, -0.2) is 10.2 Å². The summed E-state index contributed by atoms with van der Waals surface area (Å²) < 4.78 is 0. The average molecular weight is 292 g/mol. The number of hydrogen-bond acceptors (Lipinski definition) is 2. The predicted molar refractivity (Wildman–Crippen MR) is 90.2 cm³/mol. The van der Waals surface area contributed by atoms with Crippen molar-refractivity contribution in [2.24, 2.45) is 0 Å². The summed E-state index contributed by atoms with van der Waals surface area (Å²) in [6.07, 6.45) is 9.19. The quantitative estimate of drug-likeness (QED) is 0.453. The van der Waals surface area contributed by atoms with E-state index in [0.717, 1.165) is 30.4 Å². The highest BCUT2D eigenvalue weighted by atomic mass is 16.3. The Morgan fingerprint density at radius 2 is 1.48 bits per heavy atom. The van der Waals surface area contributed by atoms with E-state index in [-0.39, 0.29) is 5.41 Å². The summed E-state index contributed by atoms with van der Waals surface area (Å²) in [6, 6.07) is 3.51. The largest absolute Gasteiger partial charge is 0.508 e. The summed E-state index contributed by atoms with van der Waals surface area (Å²) in [5.41, 5.74) is 1.60. The van der Waals surface area contributed by atoms with E-state index in [0.29, 0.717) is 11.5 Å². The van der Waals surface area contributed by atoms with Gasteiger partial charge in [0.05, 0.1) is 0 Å². The van der Waals surface area contributed by atoms with Crippen molar-refractivity contribution in [2.45, 2.75) is 84.5 Å². The molecule has 2 N–H and O–H groups in total. The first-order valence-corrected chi connectivity index (χ1v) is 8.47. The van der Waals surface area contributed by atoms with Crippen LogP contribution in [0.5, 0.6) is 11.5 Å². The molecule has 0 heterocycles. The van der Waals surface area contributed by atoms with Gasteiger partial charge in [-0.2, -0.15) is 0 Å². The number of aromatic hydroxyl groups is 2. The smallest absolute Gasteiger partial charge is 0.119 e. The molecule has 0 spiro atoms. The van der Waals surface area contributed by atoms with E-state index < -0.39 is 0 Å². The molecule has 0 aromatic heterocycles. The van der Waals surface area contributed by atoms with Crippen molar-refractivity contribution >= 4 is 0 Å². The van der Waals surface area contributed by atoms with Gasteiger partial charge in [-0.25, -0.2) is 0 Å². The number of phenols is 2. The molecule has 0 saturated carbocycles. The Morgan fingerprint density at radius 1 is 0.857 bits per heavy atom. The van der Waals surface area contributed by atoms with Gasteiger partial charge < -0.3 is 10.2 Å². The zero-order valence-corrected chi connectivity index (χ0v) is 14.2. The molecule has 0 unspecified atom stereocenters. The van der Waals surface area contributed by atoms with E-state index in [1.807, 2.05) is 0 Å². The molecular formula is C19H32O2. The average Bonchev–Trinajstić information content (AvgIpc) is 2.45. The van der Waals surface area contributed by atoms with E-state index in [9.17, 15) is 10.2 Å². The normalized spacial score (nSPS) is 11.8. The molecule has 0 radical (unpaired) electrons. The lowest BCUT2D eigenvalue weighted by atomic mass is 9.81. The van der Waals surface area contributed by atoms with Gasteiger partial charge in [0.25, 0.3) is 0 Å². The Bertz CT molecular complexity index is 435. The Morgan fingerprint density at radius 3 is 2.10 bits per heavy atom. The van der Waals surface area contributed by atoms with Gasteiger partial charge in [-0.1, -0.05) is 59.8 Å². The molecule has 1 aromatic rings. The van der Waals surface area contributed by atoms with E-state index in [4.69, 9.17) is 0 Å². The van der Waals surface area contributed by atoms with Crippen LogP contribution in [0.4, 0.5) is 0 Å². The summed E-state index contributed by atoms with van der Waals surface area (Å²) in [7, 11) is 0. The number of benzene rings is 1. The van der Waals surface area contributed by atoms with Gasteiger partial charge in [-0.05, 0) is 42.4 Å². The monoisotopic (exact) mass is 292 g/mol. The molecule has 0 aliphatic carbocycles. The van der Waals surface area contributed by atoms with Crippen molar-refractivity contribution in [3.8, 4) is 11.5 Å². The Hall–Kier alpha value is -1.18. The van der Waals surface area contributed by atoms with Crippen LogP contribution in [-0.2, 0) is 11.8 Å². The van der Waals surface area contributed by atoms with Gasteiger partial charge in [0.1, 0.15) is 11.5 Å². The van der Waals surface area contributed by atoms with Crippen molar-refractivity contribution < 1.29 is 10.2 Å². The van der Waals surface area contributed by atoms with Crippen molar-refractivity contribution in [3.05, 3.63) is 23.3 Å². The third-order valence-corrected chi connectivity index (χ3v) is 4.61. The van der Waals surface area contributed by atoms with Crippen LogP contribution in [0, 0.1) is 0 Å². The lowest BCUT2D eigenvalue weighted by Crippen LogP contribution is -2.15. The first-order valence-electron chi connectivity index (χ1n) is 8.47. The van der Waals surface area contributed by atoms with E-state index in [1.165, 1.54) is 32.1 Å². The van der Waals surface area contributed by atoms with Gasteiger partial charge in [0, 0.05) is 5.56 Å².